The van der Waals surface area contributed by atoms with Gasteiger partial charge in [-0.2, -0.15) is 0 Å². The minimum Gasteiger partial charge on any atom is -0.376 e. The van der Waals surface area contributed by atoms with Gasteiger partial charge in [-0.1, -0.05) is 33.6 Å². The molecule has 4 unspecified atom stereocenters. The summed E-state index contributed by atoms with van der Waals surface area (Å²) in [6, 6.07) is 0.576. The standard InChI is InChI=1S/C15H31NO/c1-5-7-12(3)11-17-15-10-13(6-2)8-9-14(15)16-4/h12-16H,5-11H2,1-4H3. The predicted octanol–water partition coefficient (Wildman–Crippen LogP) is 3.61. The van der Waals surface area contributed by atoms with Crippen LogP contribution in [-0.2, 0) is 4.74 Å². The summed E-state index contributed by atoms with van der Waals surface area (Å²) < 4.78 is 6.17. The van der Waals surface area contributed by atoms with Crippen LogP contribution in [-0.4, -0.2) is 25.8 Å². The van der Waals surface area contributed by atoms with E-state index < -0.39 is 0 Å². The SMILES string of the molecule is CCCC(C)COC1CC(CC)CCC1NC. The van der Waals surface area contributed by atoms with Crippen molar-refractivity contribution in [3.63, 3.8) is 0 Å². The van der Waals surface area contributed by atoms with E-state index in [0.717, 1.165) is 12.5 Å². The van der Waals surface area contributed by atoms with E-state index in [4.69, 9.17) is 4.74 Å². The molecule has 0 aromatic carbocycles. The molecule has 17 heavy (non-hydrogen) atoms. The Morgan fingerprint density at radius 1 is 1.29 bits per heavy atom. The van der Waals surface area contributed by atoms with Crippen LogP contribution in [0.15, 0.2) is 0 Å². The molecule has 2 nitrogen and oxygen atoms in total. The van der Waals surface area contributed by atoms with Crippen LogP contribution in [0.2, 0.25) is 0 Å². The Morgan fingerprint density at radius 3 is 2.65 bits per heavy atom. The molecule has 1 saturated carbocycles. The summed E-state index contributed by atoms with van der Waals surface area (Å²) in [5, 5.41) is 3.43. The van der Waals surface area contributed by atoms with E-state index in [2.05, 4.69) is 33.1 Å². The van der Waals surface area contributed by atoms with Crippen molar-refractivity contribution in [3.8, 4) is 0 Å². The minimum atomic E-state index is 0.443. The van der Waals surface area contributed by atoms with Crippen molar-refractivity contribution in [1.82, 2.24) is 5.32 Å². The number of nitrogens with one attached hydrogen (secondary N) is 1. The van der Waals surface area contributed by atoms with E-state index in [1.54, 1.807) is 0 Å². The predicted molar refractivity (Wildman–Crippen MR) is 74.3 cm³/mol. The summed E-state index contributed by atoms with van der Waals surface area (Å²) >= 11 is 0. The van der Waals surface area contributed by atoms with Crippen LogP contribution in [0.4, 0.5) is 0 Å². The normalized spacial score (nSPS) is 31.4. The van der Waals surface area contributed by atoms with Gasteiger partial charge in [0.2, 0.25) is 0 Å². The fourth-order valence-electron chi connectivity index (χ4n) is 2.96. The lowest BCUT2D eigenvalue weighted by Crippen LogP contribution is -2.44. The van der Waals surface area contributed by atoms with Gasteiger partial charge in [0, 0.05) is 12.6 Å². The lowest BCUT2D eigenvalue weighted by Gasteiger charge is -2.36. The highest BCUT2D eigenvalue weighted by atomic mass is 16.5. The molecular formula is C15H31NO. The summed E-state index contributed by atoms with van der Waals surface area (Å²) in [5.74, 6) is 1.59. The molecule has 0 aliphatic heterocycles. The van der Waals surface area contributed by atoms with E-state index >= 15 is 0 Å². The lowest BCUT2D eigenvalue weighted by molar-refractivity contribution is -0.0231. The Hall–Kier alpha value is -0.0800. The zero-order valence-electron chi connectivity index (χ0n) is 12.2. The van der Waals surface area contributed by atoms with Crippen molar-refractivity contribution in [3.05, 3.63) is 0 Å². The van der Waals surface area contributed by atoms with Crippen LogP contribution in [0.3, 0.4) is 0 Å². The molecule has 0 aromatic rings. The molecule has 0 amide bonds. The first-order chi connectivity index (χ1) is 8.21. The Morgan fingerprint density at radius 2 is 2.06 bits per heavy atom. The minimum absolute atomic E-state index is 0.443. The second-order valence-electron chi connectivity index (χ2n) is 5.75. The molecule has 1 aliphatic carbocycles. The van der Waals surface area contributed by atoms with E-state index in [-0.39, 0.29) is 0 Å². The first-order valence-electron chi connectivity index (χ1n) is 7.50. The number of rotatable bonds is 7. The van der Waals surface area contributed by atoms with Crippen LogP contribution in [0.1, 0.15) is 59.3 Å². The van der Waals surface area contributed by atoms with E-state index in [1.807, 2.05) is 0 Å². The van der Waals surface area contributed by atoms with Gasteiger partial charge in [-0.25, -0.2) is 0 Å². The van der Waals surface area contributed by atoms with Gasteiger partial charge in [0.05, 0.1) is 6.10 Å². The highest BCUT2D eigenvalue weighted by Crippen LogP contribution is 2.29. The summed E-state index contributed by atoms with van der Waals surface area (Å²) in [5.41, 5.74) is 0. The fourth-order valence-corrected chi connectivity index (χ4v) is 2.96. The summed E-state index contributed by atoms with van der Waals surface area (Å²) in [6.45, 7) is 7.80. The second kappa shape index (κ2) is 8.10. The largest absolute Gasteiger partial charge is 0.376 e. The highest BCUT2D eigenvalue weighted by molar-refractivity contribution is 4.84. The molecule has 0 radical (unpaired) electrons. The fraction of sp³-hybridized carbons (Fsp3) is 1.00. The molecule has 1 rings (SSSR count). The van der Waals surface area contributed by atoms with Gasteiger partial charge >= 0.3 is 0 Å². The van der Waals surface area contributed by atoms with Crippen molar-refractivity contribution >= 4 is 0 Å². The third-order valence-corrected chi connectivity index (χ3v) is 4.22. The zero-order chi connectivity index (χ0) is 12.7. The molecule has 1 N–H and O–H groups in total. The molecule has 1 fully saturated rings. The maximum absolute atomic E-state index is 6.17. The molecule has 0 heterocycles. The third-order valence-electron chi connectivity index (χ3n) is 4.22. The smallest absolute Gasteiger partial charge is 0.0730 e. The molecule has 2 heteroatoms. The number of likely N-dealkylation sites (N-methyl/N-ethyl adjacent to an activating group) is 1. The van der Waals surface area contributed by atoms with Crippen molar-refractivity contribution < 1.29 is 4.74 Å². The molecule has 0 bridgehead atoms. The molecular weight excluding hydrogens is 210 g/mol. The monoisotopic (exact) mass is 241 g/mol. The van der Waals surface area contributed by atoms with Crippen LogP contribution in [0.25, 0.3) is 0 Å². The van der Waals surface area contributed by atoms with Crippen molar-refractivity contribution in [2.75, 3.05) is 13.7 Å². The van der Waals surface area contributed by atoms with Gasteiger partial charge in [0.15, 0.2) is 0 Å². The van der Waals surface area contributed by atoms with Crippen LogP contribution in [0.5, 0.6) is 0 Å². The Balaban J connectivity index is 2.35. The van der Waals surface area contributed by atoms with Crippen molar-refractivity contribution in [1.29, 1.82) is 0 Å². The Labute approximate surface area is 108 Å². The van der Waals surface area contributed by atoms with Crippen LogP contribution in [0, 0.1) is 11.8 Å². The van der Waals surface area contributed by atoms with Crippen LogP contribution < -0.4 is 5.32 Å². The van der Waals surface area contributed by atoms with Crippen LogP contribution >= 0.6 is 0 Å². The van der Waals surface area contributed by atoms with Gasteiger partial charge in [-0.3, -0.25) is 0 Å². The summed E-state index contributed by atoms with van der Waals surface area (Å²) in [6.07, 6.45) is 8.20. The molecule has 102 valence electrons. The molecule has 0 saturated heterocycles. The van der Waals surface area contributed by atoms with Gasteiger partial charge in [0.25, 0.3) is 0 Å². The summed E-state index contributed by atoms with van der Waals surface area (Å²) in [7, 11) is 2.07. The maximum atomic E-state index is 6.17. The quantitative estimate of drug-likeness (QED) is 0.735. The average molecular weight is 241 g/mol. The molecule has 0 spiro atoms. The van der Waals surface area contributed by atoms with Gasteiger partial charge < -0.3 is 10.1 Å². The first kappa shape index (κ1) is 15.0. The lowest BCUT2D eigenvalue weighted by atomic mass is 9.82. The third kappa shape index (κ3) is 4.97. The Bertz CT molecular complexity index is 195. The Kier molecular flexibility index (Phi) is 7.14. The highest BCUT2D eigenvalue weighted by Gasteiger charge is 2.29. The van der Waals surface area contributed by atoms with Gasteiger partial charge in [-0.05, 0) is 44.6 Å². The number of hydrogen-bond acceptors (Lipinski definition) is 2. The van der Waals surface area contributed by atoms with E-state index in [9.17, 15) is 0 Å². The van der Waals surface area contributed by atoms with Crippen molar-refractivity contribution in [2.24, 2.45) is 11.8 Å². The number of ether oxygens (including phenoxy) is 1. The topological polar surface area (TPSA) is 21.3 Å². The van der Waals surface area contributed by atoms with Crippen molar-refractivity contribution in [2.45, 2.75) is 71.4 Å². The first-order valence-corrected chi connectivity index (χ1v) is 7.50. The van der Waals surface area contributed by atoms with E-state index in [0.29, 0.717) is 18.1 Å². The molecule has 4 atom stereocenters. The number of hydrogen-bond donors (Lipinski definition) is 1. The zero-order valence-corrected chi connectivity index (χ0v) is 12.2. The molecule has 1 aliphatic rings. The summed E-state index contributed by atoms with van der Waals surface area (Å²) in [4.78, 5) is 0. The van der Waals surface area contributed by atoms with Gasteiger partial charge in [0.1, 0.15) is 0 Å². The second-order valence-corrected chi connectivity index (χ2v) is 5.75. The van der Waals surface area contributed by atoms with Gasteiger partial charge in [-0.15, -0.1) is 0 Å². The molecule has 0 aromatic heterocycles. The van der Waals surface area contributed by atoms with E-state index in [1.165, 1.54) is 38.5 Å². The average Bonchev–Trinajstić information content (AvgIpc) is 2.36. The maximum Gasteiger partial charge on any atom is 0.0730 e.